The Hall–Kier alpha value is -4.07. The Kier molecular flexibility index (Phi) is 8.30. The van der Waals surface area contributed by atoms with Gasteiger partial charge in [0.25, 0.3) is 5.91 Å². The van der Waals surface area contributed by atoms with Crippen LogP contribution >= 0.6 is 0 Å². The first-order valence-corrected chi connectivity index (χ1v) is 13.6. The average Bonchev–Trinajstić information content (AvgIpc) is 3.81. The molecule has 2 aliphatic rings. The van der Waals surface area contributed by atoms with E-state index in [1.807, 2.05) is 42.5 Å². The third kappa shape index (κ3) is 6.88. The number of anilines is 2. The van der Waals surface area contributed by atoms with Crippen LogP contribution in [0.3, 0.4) is 0 Å². The van der Waals surface area contributed by atoms with Gasteiger partial charge in [-0.1, -0.05) is 12.1 Å². The number of pyridine rings is 1. The highest BCUT2D eigenvalue weighted by Crippen LogP contribution is 2.45. The molecule has 1 amide bonds. The van der Waals surface area contributed by atoms with Crippen molar-refractivity contribution in [2.45, 2.75) is 38.0 Å². The van der Waals surface area contributed by atoms with Crippen LogP contribution in [0.2, 0.25) is 0 Å². The summed E-state index contributed by atoms with van der Waals surface area (Å²) in [6.07, 6.45) is 7.53. The van der Waals surface area contributed by atoms with Crippen LogP contribution in [0.1, 0.15) is 53.9 Å². The molecule has 0 bridgehead atoms. The molecule has 204 valence electrons. The van der Waals surface area contributed by atoms with Gasteiger partial charge in [0, 0.05) is 37.2 Å². The van der Waals surface area contributed by atoms with Crippen molar-refractivity contribution in [1.82, 2.24) is 4.98 Å². The molecule has 2 N–H and O–H groups in total. The second kappa shape index (κ2) is 12.2. The fourth-order valence-corrected chi connectivity index (χ4v) is 5.36. The maximum absolute atomic E-state index is 13.1. The number of carbonyl (C=O) groups excluding carboxylic acids is 1. The quantitative estimate of drug-likeness (QED) is 0.333. The highest BCUT2D eigenvalue weighted by atomic mass is 16.5. The van der Waals surface area contributed by atoms with Crippen molar-refractivity contribution >= 4 is 23.3 Å². The van der Waals surface area contributed by atoms with Gasteiger partial charge in [0.15, 0.2) is 0 Å². The summed E-state index contributed by atoms with van der Waals surface area (Å²) in [7, 11) is 1.63. The van der Waals surface area contributed by atoms with Gasteiger partial charge in [-0.15, -0.1) is 0 Å². The predicted octanol–water partition coefficient (Wildman–Crippen LogP) is 5.61. The molecular formula is C31H35N3O5. The van der Waals surface area contributed by atoms with Crippen molar-refractivity contribution in [3.8, 4) is 11.5 Å². The zero-order chi connectivity index (χ0) is 27.2. The summed E-state index contributed by atoms with van der Waals surface area (Å²) < 4.78 is 11.6. The number of carboxylic acid groups (broad SMARTS) is 1. The number of benzene rings is 2. The van der Waals surface area contributed by atoms with Gasteiger partial charge in [0.05, 0.1) is 31.4 Å². The number of aromatic nitrogens is 1. The Balaban J connectivity index is 1.20. The van der Waals surface area contributed by atoms with Crippen LogP contribution in [0.4, 0.5) is 11.4 Å². The molecule has 39 heavy (non-hydrogen) atoms. The van der Waals surface area contributed by atoms with E-state index in [0.29, 0.717) is 35.4 Å². The smallest absolute Gasteiger partial charge is 0.303 e. The lowest BCUT2D eigenvalue weighted by molar-refractivity contribution is -0.137. The highest BCUT2D eigenvalue weighted by Gasteiger charge is 2.34. The number of amides is 1. The van der Waals surface area contributed by atoms with Crippen molar-refractivity contribution < 1.29 is 24.2 Å². The topological polar surface area (TPSA) is 101 Å². The van der Waals surface area contributed by atoms with E-state index < -0.39 is 5.97 Å². The van der Waals surface area contributed by atoms with Crippen LogP contribution in [0.25, 0.3) is 0 Å². The summed E-state index contributed by atoms with van der Waals surface area (Å²) in [6.45, 7) is 2.22. The van der Waals surface area contributed by atoms with E-state index in [2.05, 4.69) is 15.2 Å². The number of nitrogens with zero attached hydrogens (tertiary/aromatic N) is 2. The fourth-order valence-electron chi connectivity index (χ4n) is 5.36. The third-order valence-electron chi connectivity index (χ3n) is 7.70. The molecular weight excluding hydrogens is 494 g/mol. The highest BCUT2D eigenvalue weighted by molar-refractivity contribution is 6.08. The summed E-state index contributed by atoms with van der Waals surface area (Å²) in [5, 5.41) is 12.3. The Morgan fingerprint density at radius 1 is 1.03 bits per heavy atom. The van der Waals surface area contributed by atoms with Gasteiger partial charge in [0.1, 0.15) is 11.5 Å². The zero-order valence-electron chi connectivity index (χ0n) is 22.2. The molecule has 8 heteroatoms. The van der Waals surface area contributed by atoms with E-state index in [9.17, 15) is 14.7 Å². The average molecular weight is 530 g/mol. The summed E-state index contributed by atoms with van der Waals surface area (Å²) in [6, 6.07) is 17.0. The molecule has 1 atom stereocenters. The number of methoxy groups -OCH3 is 1. The summed E-state index contributed by atoms with van der Waals surface area (Å²) >= 11 is 0. The molecule has 1 unspecified atom stereocenters. The Labute approximate surface area is 229 Å². The monoisotopic (exact) mass is 529 g/mol. The molecule has 2 aromatic carbocycles. The fraction of sp³-hybridized carbons (Fsp3) is 0.387. The predicted molar refractivity (Wildman–Crippen MR) is 150 cm³/mol. The van der Waals surface area contributed by atoms with Crippen LogP contribution < -0.4 is 19.7 Å². The minimum atomic E-state index is -0.751. The van der Waals surface area contributed by atoms with Gasteiger partial charge < -0.3 is 24.8 Å². The van der Waals surface area contributed by atoms with Gasteiger partial charge in [0.2, 0.25) is 0 Å². The summed E-state index contributed by atoms with van der Waals surface area (Å²) in [5.41, 5.74) is 3.22. The van der Waals surface area contributed by atoms with Crippen LogP contribution in [0.5, 0.6) is 11.5 Å². The number of carboxylic acids is 1. The number of ether oxygens (including phenoxy) is 2. The van der Waals surface area contributed by atoms with Crippen LogP contribution in [0.15, 0.2) is 67.0 Å². The Bertz CT molecular complexity index is 1290. The molecule has 0 radical (unpaired) electrons. The van der Waals surface area contributed by atoms with Crippen molar-refractivity contribution in [3.63, 3.8) is 0 Å². The number of aliphatic carboxylic acids is 1. The zero-order valence-corrected chi connectivity index (χ0v) is 22.2. The Morgan fingerprint density at radius 3 is 2.49 bits per heavy atom. The number of piperidine rings is 1. The van der Waals surface area contributed by atoms with Crippen molar-refractivity contribution in [3.05, 3.63) is 78.1 Å². The van der Waals surface area contributed by atoms with Crippen molar-refractivity contribution in [2.24, 2.45) is 11.8 Å². The molecule has 2 heterocycles. The normalized spacial score (nSPS) is 16.4. The van der Waals surface area contributed by atoms with Gasteiger partial charge in [-0.3, -0.25) is 14.6 Å². The lowest BCUT2D eigenvalue weighted by atomic mass is 9.91. The molecule has 1 saturated carbocycles. The maximum Gasteiger partial charge on any atom is 0.303 e. The van der Waals surface area contributed by atoms with Crippen molar-refractivity contribution in [2.75, 3.05) is 37.0 Å². The first-order valence-electron chi connectivity index (χ1n) is 13.6. The van der Waals surface area contributed by atoms with E-state index in [1.54, 1.807) is 31.6 Å². The van der Waals surface area contributed by atoms with Crippen LogP contribution in [0, 0.1) is 11.8 Å². The Morgan fingerprint density at radius 2 is 1.79 bits per heavy atom. The maximum atomic E-state index is 13.1. The largest absolute Gasteiger partial charge is 0.497 e. The molecule has 1 aromatic heterocycles. The minimum absolute atomic E-state index is 0.0575. The van der Waals surface area contributed by atoms with Crippen molar-refractivity contribution in [1.29, 1.82) is 0 Å². The second-order valence-corrected chi connectivity index (χ2v) is 10.4. The minimum Gasteiger partial charge on any atom is -0.497 e. The first kappa shape index (κ1) is 26.5. The van der Waals surface area contributed by atoms with Crippen LogP contribution in [-0.2, 0) is 4.79 Å². The standard InChI is InChI=1S/C31H35N3O5/c1-38-25-7-8-27(31(37)33-24-9-13-32-14-10-24)29(18-25)34-15-11-21(12-16-34)20-39-26-4-2-3-23(17-26)28(19-30(35)36)22-5-6-22/h2-4,7-10,13-14,17-18,21-22,28H,5-6,11-12,15-16,19-20H2,1H3,(H,35,36)(H,32,33,37). The lowest BCUT2D eigenvalue weighted by Gasteiger charge is -2.34. The molecule has 1 saturated heterocycles. The summed E-state index contributed by atoms with van der Waals surface area (Å²) in [5.74, 6) is 1.51. The molecule has 3 aromatic rings. The molecule has 2 fully saturated rings. The third-order valence-corrected chi connectivity index (χ3v) is 7.70. The van der Waals surface area contributed by atoms with E-state index in [-0.39, 0.29) is 18.2 Å². The van der Waals surface area contributed by atoms with Gasteiger partial charge in [-0.25, -0.2) is 0 Å². The van der Waals surface area contributed by atoms with E-state index in [1.165, 1.54) is 0 Å². The summed E-state index contributed by atoms with van der Waals surface area (Å²) in [4.78, 5) is 30.7. The second-order valence-electron chi connectivity index (χ2n) is 10.4. The first-order chi connectivity index (χ1) is 19.0. The molecule has 1 aliphatic carbocycles. The van der Waals surface area contributed by atoms with Crippen LogP contribution in [-0.4, -0.2) is 48.8 Å². The van der Waals surface area contributed by atoms with Gasteiger partial charge >= 0.3 is 5.97 Å². The SMILES string of the molecule is COc1ccc(C(=O)Nc2ccncc2)c(N2CCC(COc3cccc(C(CC(=O)O)C4CC4)c3)CC2)c1. The van der Waals surface area contributed by atoms with Gasteiger partial charge in [-0.05, 0) is 85.4 Å². The number of rotatable bonds is 11. The molecule has 0 spiro atoms. The van der Waals surface area contributed by atoms with E-state index in [0.717, 1.165) is 55.8 Å². The number of nitrogens with one attached hydrogen (secondary N) is 1. The van der Waals surface area contributed by atoms with Gasteiger partial charge in [-0.2, -0.15) is 0 Å². The number of hydrogen-bond acceptors (Lipinski definition) is 6. The lowest BCUT2D eigenvalue weighted by Crippen LogP contribution is -2.36. The number of hydrogen-bond donors (Lipinski definition) is 2. The molecule has 1 aliphatic heterocycles. The van der Waals surface area contributed by atoms with E-state index in [4.69, 9.17) is 9.47 Å². The molecule has 8 nitrogen and oxygen atoms in total. The molecule has 5 rings (SSSR count). The van der Waals surface area contributed by atoms with E-state index >= 15 is 0 Å². The number of carbonyl (C=O) groups is 2.